The van der Waals surface area contributed by atoms with E-state index in [1.54, 1.807) is 12.1 Å². The molecule has 7 heteroatoms. The molecule has 182 valence electrons. The molecule has 0 bridgehead atoms. The van der Waals surface area contributed by atoms with Gasteiger partial charge in [-0.2, -0.15) is 0 Å². The van der Waals surface area contributed by atoms with Crippen LogP contribution in [0.15, 0.2) is 42.0 Å². The van der Waals surface area contributed by atoms with Crippen LogP contribution in [0.3, 0.4) is 0 Å². The number of carbonyl (C=O) groups excluding carboxylic acids is 3. The van der Waals surface area contributed by atoms with E-state index in [0.29, 0.717) is 16.3 Å². The number of carbonyl (C=O) groups is 3. The third-order valence-corrected chi connectivity index (χ3v) is 6.74. The SMILES string of the molecule is CCCN1c2cc(Cl)c(/C=C3/C(=O)NC(=O)N(c4cc(C)cc(C)c4)C3=O)cc2C(C)=CC1(C)C. The molecule has 0 radical (unpaired) electrons. The summed E-state index contributed by atoms with van der Waals surface area (Å²) in [4.78, 5) is 42.0. The van der Waals surface area contributed by atoms with Crippen molar-refractivity contribution in [2.45, 2.75) is 53.5 Å². The lowest BCUT2D eigenvalue weighted by molar-refractivity contribution is -0.122. The predicted molar refractivity (Wildman–Crippen MR) is 142 cm³/mol. The molecular formula is C28H30ClN3O3. The maximum Gasteiger partial charge on any atom is 0.335 e. The van der Waals surface area contributed by atoms with Crippen LogP contribution in [0, 0.1) is 13.8 Å². The quantitative estimate of drug-likeness (QED) is 0.418. The second-order valence-corrected chi connectivity index (χ2v) is 10.2. The summed E-state index contributed by atoms with van der Waals surface area (Å²) in [6, 6.07) is 8.46. The largest absolute Gasteiger partial charge is 0.362 e. The number of hydrogen-bond acceptors (Lipinski definition) is 4. The van der Waals surface area contributed by atoms with Crippen LogP contribution in [0.5, 0.6) is 0 Å². The Morgan fingerprint density at radius 3 is 2.29 bits per heavy atom. The lowest BCUT2D eigenvalue weighted by atomic mass is 9.87. The molecule has 2 aromatic rings. The second-order valence-electron chi connectivity index (χ2n) is 9.83. The lowest BCUT2D eigenvalue weighted by Crippen LogP contribution is -2.54. The molecular weight excluding hydrogens is 462 g/mol. The Balaban J connectivity index is 1.80. The van der Waals surface area contributed by atoms with Gasteiger partial charge in [0.1, 0.15) is 5.57 Å². The number of urea groups is 1. The molecule has 0 spiro atoms. The molecule has 4 amide bonds. The number of nitrogens with zero attached hydrogens (tertiary/aromatic N) is 2. The van der Waals surface area contributed by atoms with Crippen molar-refractivity contribution in [3.8, 4) is 0 Å². The van der Waals surface area contributed by atoms with E-state index in [1.165, 1.54) is 6.08 Å². The highest BCUT2D eigenvalue weighted by Crippen LogP contribution is 2.42. The number of fused-ring (bicyclic) bond motifs is 1. The van der Waals surface area contributed by atoms with Crippen molar-refractivity contribution in [3.05, 3.63) is 69.3 Å². The molecule has 0 aliphatic carbocycles. The first-order valence-electron chi connectivity index (χ1n) is 11.7. The minimum Gasteiger partial charge on any atom is -0.362 e. The first kappa shape index (κ1) is 24.7. The Kier molecular flexibility index (Phi) is 6.36. The second kappa shape index (κ2) is 9.00. The average Bonchev–Trinajstić information content (AvgIpc) is 2.73. The number of aryl methyl sites for hydroxylation is 2. The molecule has 0 unspecified atom stereocenters. The fourth-order valence-corrected chi connectivity index (χ4v) is 5.20. The van der Waals surface area contributed by atoms with Gasteiger partial charge in [0, 0.05) is 22.8 Å². The Morgan fingerprint density at radius 2 is 1.66 bits per heavy atom. The summed E-state index contributed by atoms with van der Waals surface area (Å²) in [6.07, 6.45) is 4.67. The number of imide groups is 2. The Hall–Kier alpha value is -3.38. The van der Waals surface area contributed by atoms with Gasteiger partial charge in [0.05, 0.1) is 11.2 Å². The van der Waals surface area contributed by atoms with Crippen molar-refractivity contribution in [2.24, 2.45) is 0 Å². The van der Waals surface area contributed by atoms with E-state index in [2.05, 4.69) is 37.1 Å². The molecule has 0 atom stereocenters. The first-order chi connectivity index (χ1) is 16.4. The zero-order chi connectivity index (χ0) is 25.7. The molecule has 1 fully saturated rings. The summed E-state index contributed by atoms with van der Waals surface area (Å²) < 4.78 is 0. The van der Waals surface area contributed by atoms with Crippen molar-refractivity contribution < 1.29 is 14.4 Å². The number of benzene rings is 2. The minimum atomic E-state index is -0.769. The molecule has 2 aliphatic heterocycles. The van der Waals surface area contributed by atoms with Crippen LogP contribution < -0.4 is 15.1 Å². The number of rotatable bonds is 4. The predicted octanol–water partition coefficient (Wildman–Crippen LogP) is 6.04. The summed E-state index contributed by atoms with van der Waals surface area (Å²) in [5.41, 5.74) is 5.58. The van der Waals surface area contributed by atoms with Gasteiger partial charge in [-0.05, 0) is 93.6 Å². The molecule has 1 saturated heterocycles. The van der Waals surface area contributed by atoms with E-state index in [-0.39, 0.29) is 11.1 Å². The van der Waals surface area contributed by atoms with Gasteiger partial charge >= 0.3 is 6.03 Å². The summed E-state index contributed by atoms with van der Waals surface area (Å²) in [6.45, 7) is 13.2. The van der Waals surface area contributed by atoms with E-state index in [1.807, 2.05) is 39.0 Å². The van der Waals surface area contributed by atoms with Crippen molar-refractivity contribution in [3.63, 3.8) is 0 Å². The standard InChI is InChI=1S/C28H30ClN3O3/c1-7-8-31-24-14-23(29)19(12-21(24)18(4)15-28(31,5)6)13-22-25(33)30-27(35)32(26(22)34)20-10-16(2)9-17(3)11-20/h9-15H,7-8H2,1-6H3,(H,30,33,35)/b22-13-. The summed E-state index contributed by atoms with van der Waals surface area (Å²) in [7, 11) is 0. The summed E-state index contributed by atoms with van der Waals surface area (Å²) in [5, 5.41) is 2.72. The zero-order valence-electron chi connectivity index (χ0n) is 21.0. The summed E-state index contributed by atoms with van der Waals surface area (Å²) >= 11 is 6.69. The molecule has 0 aromatic heterocycles. The van der Waals surface area contributed by atoms with E-state index in [9.17, 15) is 14.4 Å². The number of nitrogens with one attached hydrogen (secondary N) is 1. The normalized spacial score (nSPS) is 18.5. The van der Waals surface area contributed by atoms with Crippen LogP contribution in [-0.2, 0) is 9.59 Å². The van der Waals surface area contributed by atoms with Crippen LogP contribution in [0.1, 0.15) is 56.4 Å². The van der Waals surface area contributed by atoms with Crippen LogP contribution in [0.2, 0.25) is 5.02 Å². The molecule has 35 heavy (non-hydrogen) atoms. The Labute approximate surface area is 211 Å². The van der Waals surface area contributed by atoms with E-state index in [4.69, 9.17) is 11.6 Å². The van der Waals surface area contributed by atoms with Gasteiger partial charge < -0.3 is 4.90 Å². The summed E-state index contributed by atoms with van der Waals surface area (Å²) in [5.74, 6) is -1.42. The molecule has 2 aliphatic rings. The highest BCUT2D eigenvalue weighted by Gasteiger charge is 2.37. The van der Waals surface area contributed by atoms with Gasteiger partial charge in [0.15, 0.2) is 0 Å². The number of allylic oxidation sites excluding steroid dienone is 1. The van der Waals surface area contributed by atoms with Crippen LogP contribution in [-0.4, -0.2) is 29.9 Å². The van der Waals surface area contributed by atoms with Gasteiger partial charge in [-0.25, -0.2) is 9.69 Å². The van der Waals surface area contributed by atoms with Crippen molar-refractivity contribution in [1.82, 2.24) is 5.32 Å². The van der Waals surface area contributed by atoms with Crippen LogP contribution in [0.25, 0.3) is 11.6 Å². The number of barbiturate groups is 1. The monoisotopic (exact) mass is 491 g/mol. The van der Waals surface area contributed by atoms with E-state index >= 15 is 0 Å². The Bertz CT molecular complexity index is 1300. The average molecular weight is 492 g/mol. The van der Waals surface area contributed by atoms with E-state index in [0.717, 1.165) is 45.8 Å². The van der Waals surface area contributed by atoms with Crippen molar-refractivity contribution in [2.75, 3.05) is 16.3 Å². The van der Waals surface area contributed by atoms with E-state index < -0.39 is 17.8 Å². The number of halogens is 1. The van der Waals surface area contributed by atoms with Crippen molar-refractivity contribution >= 4 is 52.5 Å². The van der Waals surface area contributed by atoms with Gasteiger partial charge in [0.2, 0.25) is 0 Å². The maximum atomic E-state index is 13.4. The highest BCUT2D eigenvalue weighted by atomic mass is 35.5. The third kappa shape index (κ3) is 4.50. The maximum absolute atomic E-state index is 13.4. The van der Waals surface area contributed by atoms with Gasteiger partial charge in [0.25, 0.3) is 11.8 Å². The van der Waals surface area contributed by atoms with Gasteiger partial charge in [-0.15, -0.1) is 0 Å². The Morgan fingerprint density at radius 1 is 1.00 bits per heavy atom. The zero-order valence-corrected chi connectivity index (χ0v) is 21.7. The highest BCUT2D eigenvalue weighted by molar-refractivity contribution is 6.40. The molecule has 0 saturated carbocycles. The fourth-order valence-electron chi connectivity index (χ4n) is 4.98. The molecule has 2 aromatic carbocycles. The minimum absolute atomic E-state index is 0.145. The molecule has 6 nitrogen and oxygen atoms in total. The fraction of sp³-hybridized carbons (Fsp3) is 0.321. The first-order valence-corrected chi connectivity index (χ1v) is 12.1. The number of amides is 4. The van der Waals surface area contributed by atoms with Gasteiger partial charge in [-0.1, -0.05) is 30.7 Å². The van der Waals surface area contributed by atoms with Crippen LogP contribution in [0.4, 0.5) is 16.2 Å². The van der Waals surface area contributed by atoms with Gasteiger partial charge in [-0.3, -0.25) is 14.9 Å². The van der Waals surface area contributed by atoms with Crippen LogP contribution >= 0.6 is 11.6 Å². The lowest BCUT2D eigenvalue weighted by Gasteiger charge is -2.43. The smallest absolute Gasteiger partial charge is 0.335 e. The topological polar surface area (TPSA) is 69.7 Å². The molecule has 4 rings (SSSR count). The third-order valence-electron chi connectivity index (χ3n) is 6.41. The van der Waals surface area contributed by atoms with Crippen molar-refractivity contribution in [1.29, 1.82) is 0 Å². The molecule has 1 N–H and O–H groups in total. The number of anilines is 2. The number of hydrogen-bond donors (Lipinski definition) is 1. The molecule has 2 heterocycles.